The fourth-order valence-electron chi connectivity index (χ4n) is 3.01. The maximum atomic E-state index is 12.9. The highest BCUT2D eigenvalue weighted by atomic mass is 35.5. The summed E-state index contributed by atoms with van der Waals surface area (Å²) in [6.07, 6.45) is 14.4. The summed E-state index contributed by atoms with van der Waals surface area (Å²) in [5.41, 5.74) is 7.16. The van der Waals surface area contributed by atoms with E-state index >= 15 is 0 Å². The van der Waals surface area contributed by atoms with Crippen molar-refractivity contribution in [1.82, 2.24) is 5.32 Å². The van der Waals surface area contributed by atoms with Crippen molar-refractivity contribution >= 4 is 24.8 Å². The molecule has 154 valence electrons. The van der Waals surface area contributed by atoms with Crippen LogP contribution in [0, 0.1) is 5.82 Å². The Hall–Kier alpha value is -0.350. The van der Waals surface area contributed by atoms with Crippen molar-refractivity contribution in [3.05, 3.63) is 35.6 Å². The quantitative estimate of drug-likeness (QED) is 0.322. The van der Waals surface area contributed by atoms with E-state index in [-0.39, 0.29) is 36.7 Å². The number of halogens is 3. The molecule has 0 aliphatic carbocycles. The summed E-state index contributed by atoms with van der Waals surface area (Å²) < 4.78 is 12.9. The average Bonchev–Trinajstić information content (AvgIpc) is 2.59. The Morgan fingerprint density at radius 3 is 1.88 bits per heavy atom. The molecule has 1 rings (SSSR count). The van der Waals surface area contributed by atoms with E-state index in [9.17, 15) is 4.39 Å². The number of unbranched alkanes of at least 4 members (excludes halogenated alkanes) is 8. The number of hydrogen-bond acceptors (Lipinski definition) is 2. The van der Waals surface area contributed by atoms with Crippen molar-refractivity contribution in [2.24, 2.45) is 5.73 Å². The van der Waals surface area contributed by atoms with E-state index in [2.05, 4.69) is 12.2 Å². The molecule has 3 N–H and O–H groups in total. The van der Waals surface area contributed by atoms with E-state index in [1.165, 1.54) is 69.9 Å². The second-order valence-corrected chi connectivity index (χ2v) is 6.88. The van der Waals surface area contributed by atoms with E-state index in [1.807, 2.05) is 0 Å². The fourth-order valence-corrected chi connectivity index (χ4v) is 3.01. The highest BCUT2D eigenvalue weighted by Gasteiger charge is 2.05. The van der Waals surface area contributed by atoms with Gasteiger partial charge >= 0.3 is 0 Å². The first-order chi connectivity index (χ1) is 11.7. The number of benzene rings is 1. The predicted octanol–water partition coefficient (Wildman–Crippen LogP) is 6.57. The Morgan fingerprint density at radius 1 is 0.808 bits per heavy atom. The third-order valence-electron chi connectivity index (χ3n) is 4.62. The molecule has 0 aliphatic rings. The van der Waals surface area contributed by atoms with Gasteiger partial charge in [0, 0.05) is 6.04 Å². The molecule has 0 heterocycles. The second kappa shape index (κ2) is 19.4. The largest absolute Gasteiger partial charge is 0.324 e. The molecule has 0 aliphatic heterocycles. The summed E-state index contributed by atoms with van der Waals surface area (Å²) in [7, 11) is 0. The predicted molar refractivity (Wildman–Crippen MR) is 117 cm³/mol. The molecule has 26 heavy (non-hydrogen) atoms. The average molecular weight is 409 g/mol. The molecule has 1 unspecified atom stereocenters. The van der Waals surface area contributed by atoms with E-state index in [4.69, 9.17) is 5.73 Å². The highest BCUT2D eigenvalue weighted by molar-refractivity contribution is 5.85. The molecule has 0 bridgehead atoms. The first-order valence-corrected chi connectivity index (χ1v) is 9.95. The van der Waals surface area contributed by atoms with Crippen molar-refractivity contribution < 1.29 is 4.39 Å². The molecular formula is C21H39Cl2FN2. The number of nitrogens with one attached hydrogen (secondary N) is 1. The first kappa shape index (κ1) is 27.9. The van der Waals surface area contributed by atoms with Gasteiger partial charge in [0.2, 0.25) is 0 Å². The molecule has 1 aromatic rings. The molecule has 5 heteroatoms. The van der Waals surface area contributed by atoms with Crippen LogP contribution < -0.4 is 11.1 Å². The van der Waals surface area contributed by atoms with Gasteiger partial charge in [0.05, 0.1) is 0 Å². The summed E-state index contributed by atoms with van der Waals surface area (Å²) in [6, 6.07) is 6.56. The van der Waals surface area contributed by atoms with Crippen LogP contribution in [0.25, 0.3) is 0 Å². The molecule has 0 aromatic heterocycles. The molecule has 2 nitrogen and oxygen atoms in total. The first-order valence-electron chi connectivity index (χ1n) is 9.95. The zero-order chi connectivity index (χ0) is 17.5. The van der Waals surface area contributed by atoms with E-state index in [1.54, 1.807) is 12.1 Å². The van der Waals surface area contributed by atoms with Crippen LogP contribution in [-0.4, -0.2) is 13.1 Å². The summed E-state index contributed by atoms with van der Waals surface area (Å²) in [5, 5.41) is 3.50. The Labute approximate surface area is 172 Å². The summed E-state index contributed by atoms with van der Waals surface area (Å²) in [6.45, 7) is 4.40. The minimum Gasteiger partial charge on any atom is -0.324 e. The molecule has 0 amide bonds. The van der Waals surface area contributed by atoms with Gasteiger partial charge in [-0.1, -0.05) is 70.4 Å². The zero-order valence-corrected chi connectivity index (χ0v) is 18.0. The van der Waals surface area contributed by atoms with Crippen molar-refractivity contribution in [1.29, 1.82) is 0 Å². The molecule has 0 saturated heterocycles. The van der Waals surface area contributed by atoms with Crippen LogP contribution >= 0.6 is 24.8 Å². The third-order valence-corrected chi connectivity index (χ3v) is 4.62. The maximum Gasteiger partial charge on any atom is 0.123 e. The van der Waals surface area contributed by atoms with Gasteiger partial charge in [-0.3, -0.25) is 0 Å². The summed E-state index contributed by atoms with van der Waals surface area (Å²) in [4.78, 5) is 0. The van der Waals surface area contributed by atoms with Gasteiger partial charge in [0.15, 0.2) is 0 Å². The van der Waals surface area contributed by atoms with Crippen LogP contribution in [0.2, 0.25) is 0 Å². The van der Waals surface area contributed by atoms with Crippen LogP contribution in [0.5, 0.6) is 0 Å². The van der Waals surface area contributed by atoms with Gasteiger partial charge in [-0.15, -0.1) is 24.8 Å². The third kappa shape index (κ3) is 14.8. The van der Waals surface area contributed by atoms with Crippen LogP contribution in [0.4, 0.5) is 4.39 Å². The van der Waals surface area contributed by atoms with Crippen molar-refractivity contribution in [3.8, 4) is 0 Å². The normalized spacial score (nSPS) is 11.5. The fraction of sp³-hybridized carbons (Fsp3) is 0.714. The minimum absolute atomic E-state index is 0. The minimum atomic E-state index is -0.200. The maximum absolute atomic E-state index is 12.9. The lowest BCUT2D eigenvalue weighted by atomic mass is 10.0. The van der Waals surface area contributed by atoms with Gasteiger partial charge in [0.25, 0.3) is 0 Å². The van der Waals surface area contributed by atoms with Gasteiger partial charge in [0.1, 0.15) is 5.82 Å². The van der Waals surface area contributed by atoms with Crippen LogP contribution in [-0.2, 0) is 0 Å². The van der Waals surface area contributed by atoms with Crippen molar-refractivity contribution in [2.75, 3.05) is 13.1 Å². The zero-order valence-electron chi connectivity index (χ0n) is 16.4. The van der Waals surface area contributed by atoms with Gasteiger partial charge < -0.3 is 11.1 Å². The number of hydrogen-bond donors (Lipinski definition) is 2. The van der Waals surface area contributed by atoms with E-state index < -0.39 is 0 Å². The molecule has 1 aromatic carbocycles. The number of rotatable bonds is 15. The van der Waals surface area contributed by atoms with Crippen LogP contribution in [0.15, 0.2) is 24.3 Å². The topological polar surface area (TPSA) is 38.0 Å². The molecule has 1 atom stereocenters. The Bertz CT molecular complexity index is 402. The Kier molecular flexibility index (Phi) is 20.8. The van der Waals surface area contributed by atoms with Crippen molar-refractivity contribution in [3.63, 3.8) is 0 Å². The standard InChI is InChI=1S/C21H37FN2.2ClH/c1-2-3-4-5-6-7-8-9-10-17-24-18-11-12-21(23)19-13-15-20(22)16-14-19;;/h13-16,21,24H,2-12,17-18,23H2,1H3;2*1H. The molecule has 0 spiro atoms. The lowest BCUT2D eigenvalue weighted by molar-refractivity contribution is 0.530. The number of nitrogens with two attached hydrogens (primary N) is 1. The SMILES string of the molecule is CCCCCCCCCCCNCCCC(N)c1ccc(F)cc1.Cl.Cl. The molecule has 0 radical (unpaired) electrons. The highest BCUT2D eigenvalue weighted by Crippen LogP contribution is 2.15. The van der Waals surface area contributed by atoms with Gasteiger partial charge in [-0.25, -0.2) is 4.39 Å². The Balaban J connectivity index is 0. The lowest BCUT2D eigenvalue weighted by Gasteiger charge is -2.12. The summed E-state index contributed by atoms with van der Waals surface area (Å²) in [5.74, 6) is -0.200. The van der Waals surface area contributed by atoms with E-state index in [0.29, 0.717) is 0 Å². The smallest absolute Gasteiger partial charge is 0.123 e. The molecular weight excluding hydrogens is 370 g/mol. The molecule has 0 saturated carbocycles. The monoisotopic (exact) mass is 408 g/mol. The van der Waals surface area contributed by atoms with Crippen LogP contribution in [0.1, 0.15) is 89.2 Å². The molecule has 0 fully saturated rings. The van der Waals surface area contributed by atoms with Gasteiger partial charge in [-0.05, 0) is 50.0 Å². The lowest BCUT2D eigenvalue weighted by Crippen LogP contribution is -2.19. The second-order valence-electron chi connectivity index (χ2n) is 6.88. The van der Waals surface area contributed by atoms with Crippen molar-refractivity contribution in [2.45, 2.75) is 83.6 Å². The summed E-state index contributed by atoms with van der Waals surface area (Å²) >= 11 is 0. The Morgan fingerprint density at radius 2 is 1.31 bits per heavy atom. The van der Waals surface area contributed by atoms with Gasteiger partial charge in [-0.2, -0.15) is 0 Å². The van der Waals surface area contributed by atoms with Crippen LogP contribution in [0.3, 0.4) is 0 Å². The van der Waals surface area contributed by atoms with E-state index in [0.717, 1.165) is 31.5 Å².